The molecule has 0 spiro atoms. The van der Waals surface area contributed by atoms with Gasteiger partial charge >= 0.3 is 5.97 Å². The van der Waals surface area contributed by atoms with Crippen LogP contribution in [0.4, 0.5) is 8.78 Å². The number of carbonyl (C=O) groups is 1. The van der Waals surface area contributed by atoms with Gasteiger partial charge in [0.2, 0.25) is 0 Å². The summed E-state index contributed by atoms with van der Waals surface area (Å²) >= 11 is 1.74. The van der Waals surface area contributed by atoms with Crippen LogP contribution in [-0.4, -0.2) is 25.2 Å². The molecule has 0 aliphatic rings. The van der Waals surface area contributed by atoms with Gasteiger partial charge < -0.3 is 9.47 Å². The first-order chi connectivity index (χ1) is 8.01. The molecule has 0 radical (unpaired) electrons. The SMILES string of the molecule is COC(=O)Cc1ncc(C(F)F)c(I)c1OC. The number of pyridine rings is 1. The summed E-state index contributed by atoms with van der Waals surface area (Å²) in [7, 11) is 2.59. The van der Waals surface area contributed by atoms with Crippen molar-refractivity contribution in [3.63, 3.8) is 0 Å². The number of rotatable bonds is 4. The lowest BCUT2D eigenvalue weighted by Crippen LogP contribution is -2.09. The highest BCUT2D eigenvalue weighted by Crippen LogP contribution is 2.32. The highest BCUT2D eigenvalue weighted by molar-refractivity contribution is 14.1. The lowest BCUT2D eigenvalue weighted by molar-refractivity contribution is -0.139. The molecule has 1 aromatic rings. The van der Waals surface area contributed by atoms with Crippen LogP contribution in [-0.2, 0) is 16.0 Å². The maximum Gasteiger partial charge on any atom is 0.311 e. The second-order valence-corrected chi connectivity index (χ2v) is 4.14. The van der Waals surface area contributed by atoms with Crippen LogP contribution in [0.3, 0.4) is 0 Å². The Morgan fingerprint density at radius 1 is 1.53 bits per heavy atom. The Kier molecular flexibility index (Phi) is 5.03. The normalized spacial score (nSPS) is 10.5. The van der Waals surface area contributed by atoms with Gasteiger partial charge in [-0.1, -0.05) is 0 Å². The fourth-order valence-electron chi connectivity index (χ4n) is 1.21. The molecule has 1 heterocycles. The predicted octanol–water partition coefficient (Wildman–Crippen LogP) is 2.35. The molecule has 1 aromatic heterocycles. The maximum atomic E-state index is 12.6. The largest absolute Gasteiger partial charge is 0.494 e. The average Bonchev–Trinajstić information content (AvgIpc) is 2.28. The van der Waals surface area contributed by atoms with E-state index >= 15 is 0 Å². The maximum absolute atomic E-state index is 12.6. The minimum atomic E-state index is -2.63. The summed E-state index contributed by atoms with van der Waals surface area (Å²) in [4.78, 5) is 14.9. The van der Waals surface area contributed by atoms with E-state index in [-0.39, 0.29) is 27.0 Å². The summed E-state index contributed by atoms with van der Waals surface area (Å²) in [5.74, 6) is -0.315. The van der Waals surface area contributed by atoms with Gasteiger partial charge in [-0.05, 0) is 22.6 Å². The highest BCUT2D eigenvalue weighted by Gasteiger charge is 2.20. The second-order valence-electron chi connectivity index (χ2n) is 3.06. The third-order valence-electron chi connectivity index (χ3n) is 2.05. The third kappa shape index (κ3) is 3.24. The van der Waals surface area contributed by atoms with Crippen LogP contribution in [0, 0.1) is 3.57 Å². The van der Waals surface area contributed by atoms with Gasteiger partial charge in [0.25, 0.3) is 6.43 Å². The summed E-state index contributed by atoms with van der Waals surface area (Å²) in [6, 6.07) is 0. The van der Waals surface area contributed by atoms with Crippen molar-refractivity contribution in [3.05, 3.63) is 21.0 Å². The van der Waals surface area contributed by atoms with Crippen molar-refractivity contribution in [3.8, 4) is 5.75 Å². The monoisotopic (exact) mass is 357 g/mol. The number of carbonyl (C=O) groups excluding carboxylic acids is 1. The van der Waals surface area contributed by atoms with Crippen LogP contribution in [0.1, 0.15) is 17.7 Å². The van der Waals surface area contributed by atoms with Crippen molar-refractivity contribution in [1.29, 1.82) is 0 Å². The van der Waals surface area contributed by atoms with Gasteiger partial charge in [0.05, 0.1) is 35.5 Å². The molecule has 0 aliphatic heterocycles. The van der Waals surface area contributed by atoms with Crippen molar-refractivity contribution >= 4 is 28.6 Å². The smallest absolute Gasteiger partial charge is 0.311 e. The third-order valence-corrected chi connectivity index (χ3v) is 3.17. The van der Waals surface area contributed by atoms with Crippen molar-refractivity contribution in [2.45, 2.75) is 12.8 Å². The van der Waals surface area contributed by atoms with Gasteiger partial charge in [-0.3, -0.25) is 9.78 Å². The molecule has 94 valence electrons. The molecule has 7 heteroatoms. The zero-order chi connectivity index (χ0) is 13.0. The van der Waals surface area contributed by atoms with Crippen LogP contribution in [0.25, 0.3) is 0 Å². The molecule has 0 N–H and O–H groups in total. The summed E-state index contributed by atoms with van der Waals surface area (Å²) < 4.78 is 35.0. The van der Waals surface area contributed by atoms with Crippen LogP contribution in [0.2, 0.25) is 0 Å². The van der Waals surface area contributed by atoms with Crippen LogP contribution >= 0.6 is 22.6 Å². The number of ether oxygens (including phenoxy) is 2. The Balaban J connectivity index is 3.16. The van der Waals surface area contributed by atoms with Gasteiger partial charge in [0.15, 0.2) is 5.75 Å². The molecule has 0 saturated heterocycles. The molecule has 0 bridgehead atoms. The van der Waals surface area contributed by atoms with E-state index in [0.29, 0.717) is 0 Å². The first kappa shape index (κ1) is 14.1. The number of alkyl halides is 2. The highest BCUT2D eigenvalue weighted by atomic mass is 127. The van der Waals surface area contributed by atoms with E-state index in [0.717, 1.165) is 6.20 Å². The van der Waals surface area contributed by atoms with E-state index in [1.54, 1.807) is 22.6 Å². The zero-order valence-corrected chi connectivity index (χ0v) is 11.3. The number of hydrogen-bond donors (Lipinski definition) is 0. The van der Waals surface area contributed by atoms with E-state index in [9.17, 15) is 13.6 Å². The van der Waals surface area contributed by atoms with E-state index in [1.807, 2.05) is 0 Å². The molecule has 4 nitrogen and oxygen atoms in total. The number of aromatic nitrogens is 1. The Bertz CT molecular complexity index is 426. The Labute approximate surface area is 110 Å². The molecule has 0 amide bonds. The van der Waals surface area contributed by atoms with Crippen molar-refractivity contribution < 1.29 is 23.0 Å². The molecule has 17 heavy (non-hydrogen) atoms. The number of halogens is 3. The molecule has 0 atom stereocenters. The fraction of sp³-hybridized carbons (Fsp3) is 0.400. The summed E-state index contributed by atoms with van der Waals surface area (Å²) in [6.07, 6.45) is -1.69. The van der Waals surface area contributed by atoms with E-state index in [1.165, 1.54) is 14.2 Å². The first-order valence-electron chi connectivity index (χ1n) is 4.57. The van der Waals surface area contributed by atoms with Gasteiger partial charge in [-0.15, -0.1) is 0 Å². The minimum absolute atomic E-state index is 0.112. The molecule has 0 unspecified atom stereocenters. The Morgan fingerprint density at radius 2 is 2.18 bits per heavy atom. The Morgan fingerprint density at radius 3 is 2.65 bits per heavy atom. The van der Waals surface area contributed by atoms with E-state index < -0.39 is 12.4 Å². The van der Waals surface area contributed by atoms with Gasteiger partial charge in [-0.2, -0.15) is 0 Å². The van der Waals surface area contributed by atoms with Gasteiger partial charge in [-0.25, -0.2) is 8.78 Å². The standard InChI is InChI=1S/C10H10F2INO3/c1-16-7(15)3-6-9(17-2)8(13)5(4-14-6)10(11)12/h4,10H,3H2,1-2H3. The topological polar surface area (TPSA) is 48.4 Å². The van der Waals surface area contributed by atoms with Crippen LogP contribution < -0.4 is 4.74 Å². The summed E-state index contributed by atoms with van der Waals surface area (Å²) in [5, 5.41) is 0. The van der Waals surface area contributed by atoms with Crippen molar-refractivity contribution in [2.75, 3.05) is 14.2 Å². The molecule has 0 aliphatic carbocycles. The van der Waals surface area contributed by atoms with E-state index in [4.69, 9.17) is 4.74 Å². The molecule has 0 aromatic carbocycles. The Hall–Kier alpha value is -0.990. The molecular weight excluding hydrogens is 347 g/mol. The van der Waals surface area contributed by atoms with Gasteiger partial charge in [0.1, 0.15) is 0 Å². The van der Waals surface area contributed by atoms with Crippen LogP contribution in [0.15, 0.2) is 6.20 Å². The lowest BCUT2D eigenvalue weighted by atomic mass is 10.2. The number of nitrogens with zero attached hydrogens (tertiary/aromatic N) is 1. The lowest BCUT2D eigenvalue weighted by Gasteiger charge is -2.12. The average molecular weight is 357 g/mol. The summed E-state index contributed by atoms with van der Waals surface area (Å²) in [5.41, 5.74) is 0.0733. The number of methoxy groups -OCH3 is 2. The van der Waals surface area contributed by atoms with Crippen molar-refractivity contribution in [1.82, 2.24) is 4.98 Å². The molecule has 0 fully saturated rings. The zero-order valence-electron chi connectivity index (χ0n) is 9.17. The quantitative estimate of drug-likeness (QED) is 0.613. The molecule has 0 saturated carbocycles. The molecular formula is C10H10F2INO3. The van der Waals surface area contributed by atoms with Crippen LogP contribution in [0.5, 0.6) is 5.75 Å². The minimum Gasteiger partial charge on any atom is -0.494 e. The second kappa shape index (κ2) is 6.08. The summed E-state index contributed by atoms with van der Waals surface area (Å²) in [6.45, 7) is 0. The number of hydrogen-bond acceptors (Lipinski definition) is 4. The predicted molar refractivity (Wildman–Crippen MR) is 64.2 cm³/mol. The number of esters is 1. The fourth-order valence-corrected chi connectivity index (χ4v) is 2.12. The molecule has 1 rings (SSSR count). The van der Waals surface area contributed by atoms with E-state index in [2.05, 4.69) is 9.72 Å². The first-order valence-corrected chi connectivity index (χ1v) is 5.65. The van der Waals surface area contributed by atoms with Crippen molar-refractivity contribution in [2.24, 2.45) is 0 Å². The van der Waals surface area contributed by atoms with Gasteiger partial charge in [0, 0.05) is 6.20 Å².